The number of aliphatic hydroxyl groups excluding tert-OH is 1. The van der Waals surface area contributed by atoms with Crippen molar-refractivity contribution < 1.29 is 5.11 Å². The highest BCUT2D eigenvalue weighted by Crippen LogP contribution is 2.06. The van der Waals surface area contributed by atoms with Gasteiger partial charge in [0.05, 0.1) is 0 Å². The van der Waals surface area contributed by atoms with E-state index >= 15 is 0 Å². The highest BCUT2D eigenvalue weighted by atomic mass is 16.3. The van der Waals surface area contributed by atoms with Gasteiger partial charge < -0.3 is 9.67 Å². The van der Waals surface area contributed by atoms with Crippen LogP contribution < -0.4 is 0 Å². The van der Waals surface area contributed by atoms with E-state index in [4.69, 9.17) is 10.4 Å². The summed E-state index contributed by atoms with van der Waals surface area (Å²) < 4.78 is 1.83. The molecule has 2 heterocycles. The third kappa shape index (κ3) is 2.07. The molecule has 0 unspecified atom stereocenters. The molecule has 16 heavy (non-hydrogen) atoms. The molecule has 0 fully saturated rings. The molecule has 80 valence electrons. The van der Waals surface area contributed by atoms with Gasteiger partial charge in [-0.05, 0) is 17.7 Å². The average Bonchev–Trinajstić information content (AvgIpc) is 2.76. The normalized spacial score (nSPS) is 10.0. The van der Waals surface area contributed by atoms with Crippen LogP contribution in [0.2, 0.25) is 0 Å². The van der Waals surface area contributed by atoms with Gasteiger partial charge in [-0.2, -0.15) is 5.26 Å². The largest absolute Gasteiger partial charge is 0.388 e. The molecule has 0 radical (unpaired) electrons. The predicted octanol–water partition coefficient (Wildman–Crippen LogP) is 0.690. The van der Waals surface area contributed by atoms with Gasteiger partial charge in [0, 0.05) is 25.1 Å². The van der Waals surface area contributed by atoms with Crippen LogP contribution >= 0.6 is 0 Å². The van der Waals surface area contributed by atoms with Gasteiger partial charge in [-0.3, -0.25) is 0 Å². The number of pyridine rings is 1. The highest BCUT2D eigenvalue weighted by Gasteiger charge is 2.02. The molecule has 1 N–H and O–H groups in total. The van der Waals surface area contributed by atoms with Crippen molar-refractivity contribution in [2.24, 2.45) is 0 Å². The Balaban J connectivity index is 2.24. The monoisotopic (exact) mass is 214 g/mol. The minimum atomic E-state index is -0.0941. The van der Waals surface area contributed by atoms with E-state index in [1.54, 1.807) is 24.7 Å². The van der Waals surface area contributed by atoms with Gasteiger partial charge in [0.1, 0.15) is 24.2 Å². The lowest BCUT2D eigenvalue weighted by molar-refractivity contribution is 0.266. The molecule has 0 aromatic carbocycles. The summed E-state index contributed by atoms with van der Waals surface area (Å²) in [5.41, 5.74) is 1.35. The van der Waals surface area contributed by atoms with E-state index in [0.29, 0.717) is 18.1 Å². The summed E-state index contributed by atoms with van der Waals surface area (Å²) in [5.74, 6) is 0.607. The van der Waals surface area contributed by atoms with Crippen molar-refractivity contribution in [3.05, 3.63) is 47.8 Å². The fourth-order valence-electron chi connectivity index (χ4n) is 1.47. The summed E-state index contributed by atoms with van der Waals surface area (Å²) in [4.78, 5) is 7.90. The number of aromatic nitrogens is 3. The Hall–Kier alpha value is -2.19. The van der Waals surface area contributed by atoms with E-state index in [-0.39, 0.29) is 6.61 Å². The minimum absolute atomic E-state index is 0.0941. The molecule has 0 aliphatic rings. The smallest absolute Gasteiger partial charge is 0.140 e. The predicted molar refractivity (Wildman–Crippen MR) is 56.2 cm³/mol. The van der Waals surface area contributed by atoms with Crippen molar-refractivity contribution in [3.8, 4) is 6.07 Å². The number of nitriles is 1. The quantitative estimate of drug-likeness (QED) is 0.815. The summed E-state index contributed by atoms with van der Waals surface area (Å²) in [5, 5.41) is 17.8. The van der Waals surface area contributed by atoms with Gasteiger partial charge in [-0.1, -0.05) is 0 Å². The second-order valence-electron chi connectivity index (χ2n) is 3.29. The van der Waals surface area contributed by atoms with Crippen molar-refractivity contribution in [2.45, 2.75) is 13.2 Å². The van der Waals surface area contributed by atoms with Crippen molar-refractivity contribution in [1.82, 2.24) is 14.5 Å². The van der Waals surface area contributed by atoms with Crippen LogP contribution in [-0.4, -0.2) is 19.6 Å². The third-order valence-electron chi connectivity index (χ3n) is 2.23. The zero-order chi connectivity index (χ0) is 11.4. The zero-order valence-electron chi connectivity index (χ0n) is 8.54. The van der Waals surface area contributed by atoms with E-state index in [0.717, 1.165) is 5.56 Å². The van der Waals surface area contributed by atoms with E-state index in [2.05, 4.69) is 9.97 Å². The Morgan fingerprint density at radius 3 is 3.00 bits per heavy atom. The molecule has 0 saturated carbocycles. The average molecular weight is 214 g/mol. The van der Waals surface area contributed by atoms with Gasteiger partial charge >= 0.3 is 0 Å². The lowest BCUT2D eigenvalue weighted by Crippen LogP contribution is -2.04. The molecule has 2 aromatic heterocycles. The number of imidazole rings is 1. The molecular weight excluding hydrogens is 204 g/mol. The first-order chi connectivity index (χ1) is 7.83. The lowest BCUT2D eigenvalue weighted by Gasteiger charge is -2.05. The first-order valence-electron chi connectivity index (χ1n) is 4.79. The van der Waals surface area contributed by atoms with Crippen LogP contribution in [0.25, 0.3) is 0 Å². The lowest BCUT2D eigenvalue weighted by atomic mass is 10.2. The molecule has 5 heteroatoms. The van der Waals surface area contributed by atoms with E-state index < -0.39 is 0 Å². The molecule has 2 rings (SSSR count). The maximum atomic E-state index is 9.04. The molecule has 0 atom stereocenters. The van der Waals surface area contributed by atoms with Gasteiger partial charge in [0.25, 0.3) is 0 Å². The number of aliphatic hydroxyl groups is 1. The van der Waals surface area contributed by atoms with E-state index in [9.17, 15) is 0 Å². The van der Waals surface area contributed by atoms with Crippen LogP contribution in [0, 0.1) is 11.3 Å². The topological polar surface area (TPSA) is 74.7 Å². The van der Waals surface area contributed by atoms with Crippen molar-refractivity contribution >= 4 is 0 Å². The summed E-state index contributed by atoms with van der Waals surface area (Å²) in [6.07, 6.45) is 5.03. The number of hydrogen-bond donors (Lipinski definition) is 1. The van der Waals surface area contributed by atoms with Gasteiger partial charge in [-0.25, -0.2) is 9.97 Å². The van der Waals surface area contributed by atoms with E-state index in [1.165, 1.54) is 0 Å². The first kappa shape index (κ1) is 10.3. The van der Waals surface area contributed by atoms with Crippen LogP contribution in [0.5, 0.6) is 0 Å². The fraction of sp³-hybridized carbons (Fsp3) is 0.182. The van der Waals surface area contributed by atoms with Crippen molar-refractivity contribution in [2.75, 3.05) is 0 Å². The molecule has 2 aromatic rings. The van der Waals surface area contributed by atoms with Crippen LogP contribution in [0.15, 0.2) is 30.7 Å². The third-order valence-corrected chi connectivity index (χ3v) is 2.23. The Bertz CT molecular complexity index is 527. The fourth-order valence-corrected chi connectivity index (χ4v) is 1.47. The maximum absolute atomic E-state index is 9.04. The molecule has 0 bridgehead atoms. The molecule has 5 nitrogen and oxygen atoms in total. The Kier molecular flexibility index (Phi) is 2.94. The molecule has 0 saturated heterocycles. The summed E-state index contributed by atoms with van der Waals surface area (Å²) in [6, 6.07) is 5.55. The standard InChI is InChI=1S/C11H10N4O/c12-6-10-5-9(1-2-13-10)7-15-4-3-14-11(15)8-16/h1-5,16H,7-8H2. The van der Waals surface area contributed by atoms with Crippen LogP contribution in [0.3, 0.4) is 0 Å². The summed E-state index contributed by atoms with van der Waals surface area (Å²) >= 11 is 0. The first-order valence-corrected chi connectivity index (χ1v) is 4.79. The van der Waals surface area contributed by atoms with Crippen molar-refractivity contribution in [1.29, 1.82) is 5.26 Å². The molecule has 0 spiro atoms. The van der Waals surface area contributed by atoms with Crippen LogP contribution in [0.1, 0.15) is 17.1 Å². The van der Waals surface area contributed by atoms with Gasteiger partial charge in [0.15, 0.2) is 0 Å². The van der Waals surface area contributed by atoms with Crippen LogP contribution in [0.4, 0.5) is 0 Å². The maximum Gasteiger partial charge on any atom is 0.140 e. The molecular formula is C11H10N4O. The van der Waals surface area contributed by atoms with E-state index in [1.807, 2.05) is 16.7 Å². The molecule has 0 aliphatic heterocycles. The number of nitrogens with zero attached hydrogens (tertiary/aromatic N) is 4. The summed E-state index contributed by atoms with van der Waals surface area (Å²) in [6.45, 7) is 0.482. The second-order valence-corrected chi connectivity index (χ2v) is 3.29. The molecule has 0 aliphatic carbocycles. The number of rotatable bonds is 3. The Labute approximate surface area is 92.6 Å². The number of hydrogen-bond acceptors (Lipinski definition) is 4. The van der Waals surface area contributed by atoms with Gasteiger partial charge in [-0.15, -0.1) is 0 Å². The zero-order valence-corrected chi connectivity index (χ0v) is 8.54. The SMILES string of the molecule is N#Cc1cc(Cn2ccnc2CO)ccn1. The van der Waals surface area contributed by atoms with Crippen LogP contribution in [-0.2, 0) is 13.2 Å². The highest BCUT2D eigenvalue weighted by molar-refractivity contribution is 5.25. The second kappa shape index (κ2) is 4.55. The summed E-state index contributed by atoms with van der Waals surface area (Å²) in [7, 11) is 0. The van der Waals surface area contributed by atoms with Gasteiger partial charge in [0.2, 0.25) is 0 Å². The Morgan fingerprint density at radius 1 is 1.38 bits per heavy atom. The van der Waals surface area contributed by atoms with Crippen molar-refractivity contribution in [3.63, 3.8) is 0 Å². The Morgan fingerprint density at radius 2 is 2.25 bits per heavy atom. The minimum Gasteiger partial charge on any atom is -0.388 e. The molecule has 0 amide bonds.